The Morgan fingerprint density at radius 1 is 1.37 bits per heavy atom. The molecule has 1 saturated carbocycles. The molecule has 2 fully saturated rings. The van der Waals surface area contributed by atoms with E-state index in [9.17, 15) is 14.7 Å². The van der Waals surface area contributed by atoms with E-state index in [1.54, 1.807) is 0 Å². The Hall–Kier alpha value is -1.42. The summed E-state index contributed by atoms with van der Waals surface area (Å²) in [5.74, 6) is -0.686. The van der Waals surface area contributed by atoms with Gasteiger partial charge >= 0.3 is 5.97 Å². The van der Waals surface area contributed by atoms with Crippen molar-refractivity contribution in [2.24, 2.45) is 17.8 Å². The topological polar surface area (TPSA) is 63.6 Å². The van der Waals surface area contributed by atoms with Gasteiger partial charge in [-0.05, 0) is 24.8 Å². The number of carbonyl (C=O) groups excluding carboxylic acids is 2. The van der Waals surface area contributed by atoms with Gasteiger partial charge in [0.1, 0.15) is 6.10 Å². The van der Waals surface area contributed by atoms with Crippen molar-refractivity contribution < 1.29 is 19.4 Å². The molecule has 0 bridgehead atoms. The van der Waals surface area contributed by atoms with Gasteiger partial charge in [0, 0.05) is 17.9 Å². The molecule has 0 radical (unpaired) electrons. The van der Waals surface area contributed by atoms with Crippen molar-refractivity contribution in [2.75, 3.05) is 0 Å². The van der Waals surface area contributed by atoms with E-state index in [2.05, 4.69) is 6.58 Å². The molecular weight excluding hydrogens is 244 g/mol. The molecule has 0 aromatic heterocycles. The smallest absolute Gasteiger partial charge is 0.334 e. The summed E-state index contributed by atoms with van der Waals surface area (Å²) in [4.78, 5) is 23.5. The zero-order valence-electron chi connectivity index (χ0n) is 11.2. The molecule has 0 unspecified atom stereocenters. The molecule has 19 heavy (non-hydrogen) atoms. The van der Waals surface area contributed by atoms with Crippen LogP contribution in [-0.2, 0) is 14.3 Å². The number of ketones is 1. The summed E-state index contributed by atoms with van der Waals surface area (Å²) in [6.07, 6.45) is -0.0448. The third-order valence-corrected chi connectivity index (χ3v) is 4.88. The van der Waals surface area contributed by atoms with Gasteiger partial charge in [-0.2, -0.15) is 0 Å². The number of hydrogen-bond acceptors (Lipinski definition) is 4. The van der Waals surface area contributed by atoms with Crippen LogP contribution in [0.25, 0.3) is 0 Å². The van der Waals surface area contributed by atoms with Crippen LogP contribution in [0.2, 0.25) is 0 Å². The maximum atomic E-state index is 11.9. The Kier molecular flexibility index (Phi) is 2.68. The lowest BCUT2D eigenvalue weighted by molar-refractivity contribution is -0.140. The highest BCUT2D eigenvalue weighted by Crippen LogP contribution is 2.48. The molecule has 0 aromatic rings. The molecule has 2 aliphatic carbocycles. The molecule has 1 saturated heterocycles. The van der Waals surface area contributed by atoms with E-state index in [0.29, 0.717) is 18.4 Å². The Morgan fingerprint density at radius 3 is 2.74 bits per heavy atom. The van der Waals surface area contributed by atoms with Gasteiger partial charge in [0.05, 0.1) is 12.0 Å². The zero-order chi connectivity index (χ0) is 13.9. The first kappa shape index (κ1) is 12.6. The Labute approximate surface area is 112 Å². The van der Waals surface area contributed by atoms with Crippen LogP contribution in [0, 0.1) is 17.8 Å². The fraction of sp³-hybridized carbons (Fsp3) is 0.600. The van der Waals surface area contributed by atoms with Crippen LogP contribution in [0.3, 0.4) is 0 Å². The molecule has 4 nitrogen and oxygen atoms in total. The summed E-state index contributed by atoms with van der Waals surface area (Å²) >= 11 is 0. The van der Waals surface area contributed by atoms with Crippen LogP contribution >= 0.6 is 0 Å². The molecule has 1 N–H and O–H groups in total. The van der Waals surface area contributed by atoms with Crippen molar-refractivity contribution in [2.45, 2.75) is 38.9 Å². The molecule has 0 aromatic carbocycles. The predicted octanol–water partition coefficient (Wildman–Crippen LogP) is 1.39. The van der Waals surface area contributed by atoms with Crippen molar-refractivity contribution in [1.82, 2.24) is 0 Å². The van der Waals surface area contributed by atoms with Crippen LogP contribution in [0.4, 0.5) is 0 Å². The van der Waals surface area contributed by atoms with Gasteiger partial charge in [-0.15, -0.1) is 0 Å². The highest BCUT2D eigenvalue weighted by atomic mass is 16.6. The first-order chi connectivity index (χ1) is 8.91. The second-order valence-corrected chi connectivity index (χ2v) is 5.94. The molecule has 1 aliphatic heterocycles. The van der Waals surface area contributed by atoms with Crippen molar-refractivity contribution in [3.05, 3.63) is 23.3 Å². The molecule has 1 heterocycles. The van der Waals surface area contributed by atoms with Crippen LogP contribution in [0.15, 0.2) is 23.3 Å². The first-order valence-electron chi connectivity index (χ1n) is 6.73. The summed E-state index contributed by atoms with van der Waals surface area (Å²) in [7, 11) is 0. The second kappa shape index (κ2) is 4.04. The average Bonchev–Trinajstić information content (AvgIpc) is 2.75. The molecule has 5 atom stereocenters. The minimum atomic E-state index is -0.745. The van der Waals surface area contributed by atoms with E-state index in [1.165, 1.54) is 0 Å². The first-order valence-corrected chi connectivity index (χ1v) is 6.73. The predicted molar refractivity (Wildman–Crippen MR) is 68.1 cm³/mol. The van der Waals surface area contributed by atoms with E-state index in [1.807, 2.05) is 13.8 Å². The SMILES string of the molecule is C=C1C(=O)O[C@H]2C[C@@H](C)C3=C(C)C(=O)C[C@@H]3[C@@H](O)[C@H]12. The van der Waals surface area contributed by atoms with Crippen LogP contribution < -0.4 is 0 Å². The van der Waals surface area contributed by atoms with Crippen LogP contribution in [-0.4, -0.2) is 29.1 Å². The zero-order valence-corrected chi connectivity index (χ0v) is 11.2. The van der Waals surface area contributed by atoms with Gasteiger partial charge < -0.3 is 9.84 Å². The number of rotatable bonds is 0. The fourth-order valence-corrected chi connectivity index (χ4v) is 3.94. The molecule has 3 rings (SSSR count). The van der Waals surface area contributed by atoms with E-state index in [-0.39, 0.29) is 29.6 Å². The Bertz CT molecular complexity index is 516. The van der Waals surface area contributed by atoms with E-state index < -0.39 is 12.1 Å². The Morgan fingerprint density at radius 2 is 2.05 bits per heavy atom. The summed E-state index contributed by atoms with van der Waals surface area (Å²) < 4.78 is 5.32. The Balaban J connectivity index is 2.05. The van der Waals surface area contributed by atoms with Gasteiger partial charge in [0.15, 0.2) is 5.78 Å². The van der Waals surface area contributed by atoms with E-state index in [4.69, 9.17) is 4.74 Å². The molecule has 3 aliphatic rings. The lowest BCUT2D eigenvalue weighted by Crippen LogP contribution is -2.32. The highest BCUT2D eigenvalue weighted by molar-refractivity contribution is 5.99. The van der Waals surface area contributed by atoms with Gasteiger partial charge in [-0.1, -0.05) is 19.1 Å². The minimum Gasteiger partial charge on any atom is -0.458 e. The van der Waals surface area contributed by atoms with Gasteiger partial charge in [-0.3, -0.25) is 4.79 Å². The number of Topliss-reactive ketones (excluding diaryl/α,β-unsaturated/α-hetero) is 1. The number of ether oxygens (including phenoxy) is 1. The fourth-order valence-electron chi connectivity index (χ4n) is 3.94. The normalized spacial score (nSPS) is 42.1. The lowest BCUT2D eigenvalue weighted by Gasteiger charge is -2.24. The van der Waals surface area contributed by atoms with Crippen molar-refractivity contribution in [1.29, 1.82) is 0 Å². The summed E-state index contributed by atoms with van der Waals surface area (Å²) in [6, 6.07) is 0. The monoisotopic (exact) mass is 262 g/mol. The number of carbonyl (C=O) groups is 2. The average molecular weight is 262 g/mol. The lowest BCUT2D eigenvalue weighted by atomic mass is 9.83. The quantitative estimate of drug-likeness (QED) is 0.529. The summed E-state index contributed by atoms with van der Waals surface area (Å²) in [6.45, 7) is 7.63. The van der Waals surface area contributed by atoms with Gasteiger partial charge in [0.25, 0.3) is 0 Å². The standard InChI is InChI=1S/C15H18O4/c1-6-4-11-13(8(3)15(18)19-11)14(17)9-5-10(16)7(2)12(6)9/h6,9,11,13-14,17H,3-5H2,1-2H3/t6-,9+,11+,13-,14-/m1/s1. The molecule has 4 heteroatoms. The number of allylic oxidation sites excluding steroid dienone is 1. The van der Waals surface area contributed by atoms with Crippen LogP contribution in [0.1, 0.15) is 26.7 Å². The number of fused-ring (bicyclic) bond motifs is 2. The highest BCUT2D eigenvalue weighted by Gasteiger charge is 2.51. The maximum absolute atomic E-state index is 11.9. The third kappa shape index (κ3) is 1.62. The molecular formula is C15H18O4. The third-order valence-electron chi connectivity index (χ3n) is 4.88. The minimum absolute atomic E-state index is 0.111. The largest absolute Gasteiger partial charge is 0.458 e. The number of aliphatic hydroxyl groups excluding tert-OH is 1. The van der Waals surface area contributed by atoms with Gasteiger partial charge in [0.2, 0.25) is 0 Å². The van der Waals surface area contributed by atoms with Gasteiger partial charge in [-0.25, -0.2) is 4.79 Å². The van der Waals surface area contributed by atoms with E-state index in [0.717, 1.165) is 11.1 Å². The maximum Gasteiger partial charge on any atom is 0.334 e. The molecule has 0 spiro atoms. The molecule has 102 valence electrons. The summed E-state index contributed by atoms with van der Waals surface area (Å²) in [5.41, 5.74) is 2.19. The van der Waals surface area contributed by atoms with E-state index >= 15 is 0 Å². The van der Waals surface area contributed by atoms with Crippen molar-refractivity contribution in [3.8, 4) is 0 Å². The number of esters is 1. The molecule has 0 amide bonds. The number of aliphatic hydroxyl groups is 1. The number of hydrogen-bond donors (Lipinski definition) is 1. The van der Waals surface area contributed by atoms with Crippen molar-refractivity contribution >= 4 is 11.8 Å². The summed E-state index contributed by atoms with van der Waals surface area (Å²) in [5, 5.41) is 10.6. The second-order valence-electron chi connectivity index (χ2n) is 5.94. The van der Waals surface area contributed by atoms with Crippen LogP contribution in [0.5, 0.6) is 0 Å². The van der Waals surface area contributed by atoms with Crippen molar-refractivity contribution in [3.63, 3.8) is 0 Å².